The summed E-state index contributed by atoms with van der Waals surface area (Å²) in [5.74, 6) is 0.731. The number of amides is 1. The Hall–Kier alpha value is -2.21. The molecule has 22 heavy (non-hydrogen) atoms. The summed E-state index contributed by atoms with van der Waals surface area (Å²) in [6.07, 6.45) is 5.92. The van der Waals surface area contributed by atoms with Crippen molar-refractivity contribution in [2.75, 3.05) is 18.4 Å². The van der Waals surface area contributed by atoms with Gasteiger partial charge in [0.1, 0.15) is 12.7 Å². The molecule has 2 heterocycles. The Bertz CT molecular complexity index is 605. The van der Waals surface area contributed by atoms with Gasteiger partial charge in [-0.2, -0.15) is 5.10 Å². The molecule has 0 aliphatic carbocycles. The van der Waals surface area contributed by atoms with Gasteiger partial charge in [0.15, 0.2) is 0 Å². The van der Waals surface area contributed by atoms with E-state index in [0.717, 1.165) is 30.8 Å². The molecule has 1 aromatic carbocycles. The van der Waals surface area contributed by atoms with E-state index in [9.17, 15) is 4.79 Å². The van der Waals surface area contributed by atoms with E-state index in [1.54, 1.807) is 11.0 Å². The van der Waals surface area contributed by atoms with Crippen LogP contribution < -0.4 is 10.6 Å². The Morgan fingerprint density at radius 2 is 2.41 bits per heavy atom. The SMILES string of the molecule is O=C(CCC1CCNC1)Nc1cccc(Cn2cncn2)c1. The van der Waals surface area contributed by atoms with Crippen molar-refractivity contribution in [3.63, 3.8) is 0 Å². The fourth-order valence-electron chi connectivity index (χ4n) is 2.77. The maximum absolute atomic E-state index is 12.0. The van der Waals surface area contributed by atoms with E-state index in [2.05, 4.69) is 20.7 Å². The van der Waals surface area contributed by atoms with Crippen LogP contribution in [0.15, 0.2) is 36.9 Å². The monoisotopic (exact) mass is 299 g/mol. The molecule has 2 aromatic rings. The molecule has 1 aliphatic heterocycles. The van der Waals surface area contributed by atoms with Crippen LogP contribution in [-0.2, 0) is 11.3 Å². The summed E-state index contributed by atoms with van der Waals surface area (Å²) in [6.45, 7) is 2.77. The number of carbonyl (C=O) groups excluding carboxylic acids is 1. The molecule has 1 unspecified atom stereocenters. The molecular formula is C16H21N5O. The minimum Gasteiger partial charge on any atom is -0.326 e. The summed E-state index contributed by atoms with van der Waals surface area (Å²) in [7, 11) is 0. The lowest BCUT2D eigenvalue weighted by Gasteiger charge is -2.10. The number of nitrogens with zero attached hydrogens (tertiary/aromatic N) is 3. The van der Waals surface area contributed by atoms with Gasteiger partial charge in [0.2, 0.25) is 5.91 Å². The lowest BCUT2D eigenvalue weighted by atomic mass is 10.0. The number of rotatable bonds is 6. The minimum atomic E-state index is 0.0878. The molecule has 1 amide bonds. The topological polar surface area (TPSA) is 71.8 Å². The minimum absolute atomic E-state index is 0.0878. The quantitative estimate of drug-likeness (QED) is 0.851. The van der Waals surface area contributed by atoms with Crippen LogP contribution in [0.5, 0.6) is 0 Å². The van der Waals surface area contributed by atoms with E-state index in [-0.39, 0.29) is 5.91 Å². The molecule has 0 radical (unpaired) electrons. The third kappa shape index (κ3) is 4.14. The van der Waals surface area contributed by atoms with Crippen LogP contribution in [0.3, 0.4) is 0 Å². The van der Waals surface area contributed by atoms with Gasteiger partial charge in [-0.15, -0.1) is 0 Å². The Labute approximate surface area is 129 Å². The third-order valence-electron chi connectivity index (χ3n) is 3.96. The number of hydrogen-bond acceptors (Lipinski definition) is 4. The van der Waals surface area contributed by atoms with Gasteiger partial charge in [0.05, 0.1) is 6.54 Å². The zero-order valence-corrected chi connectivity index (χ0v) is 12.5. The highest BCUT2D eigenvalue weighted by atomic mass is 16.1. The highest BCUT2D eigenvalue weighted by Gasteiger charge is 2.15. The number of benzene rings is 1. The summed E-state index contributed by atoms with van der Waals surface area (Å²) in [5.41, 5.74) is 1.93. The van der Waals surface area contributed by atoms with Crippen LogP contribution >= 0.6 is 0 Å². The van der Waals surface area contributed by atoms with Gasteiger partial charge in [-0.05, 0) is 49.5 Å². The maximum Gasteiger partial charge on any atom is 0.224 e. The van der Waals surface area contributed by atoms with Crippen molar-refractivity contribution in [1.82, 2.24) is 20.1 Å². The first-order chi connectivity index (χ1) is 10.8. The summed E-state index contributed by atoms with van der Waals surface area (Å²) >= 11 is 0. The van der Waals surface area contributed by atoms with E-state index in [1.807, 2.05) is 24.3 Å². The van der Waals surface area contributed by atoms with Crippen molar-refractivity contribution >= 4 is 11.6 Å². The molecule has 0 bridgehead atoms. The molecule has 1 aromatic heterocycles. The van der Waals surface area contributed by atoms with Crippen molar-refractivity contribution in [3.8, 4) is 0 Å². The first-order valence-corrected chi connectivity index (χ1v) is 7.71. The van der Waals surface area contributed by atoms with Gasteiger partial charge in [-0.1, -0.05) is 12.1 Å². The number of aromatic nitrogens is 3. The number of hydrogen-bond donors (Lipinski definition) is 2. The summed E-state index contributed by atoms with van der Waals surface area (Å²) in [4.78, 5) is 16.0. The fourth-order valence-corrected chi connectivity index (χ4v) is 2.77. The second-order valence-electron chi connectivity index (χ2n) is 5.74. The van der Waals surface area contributed by atoms with Crippen LogP contribution in [-0.4, -0.2) is 33.8 Å². The first-order valence-electron chi connectivity index (χ1n) is 7.71. The molecular weight excluding hydrogens is 278 g/mol. The molecule has 2 N–H and O–H groups in total. The molecule has 1 atom stereocenters. The Kier molecular flexibility index (Phi) is 4.80. The van der Waals surface area contributed by atoms with Crippen LogP contribution in [0.1, 0.15) is 24.8 Å². The lowest BCUT2D eigenvalue weighted by molar-refractivity contribution is -0.116. The molecule has 0 spiro atoms. The van der Waals surface area contributed by atoms with Crippen molar-refractivity contribution in [3.05, 3.63) is 42.5 Å². The van der Waals surface area contributed by atoms with E-state index in [0.29, 0.717) is 18.9 Å². The van der Waals surface area contributed by atoms with Gasteiger partial charge >= 0.3 is 0 Å². The van der Waals surface area contributed by atoms with Gasteiger partial charge in [0, 0.05) is 12.1 Å². The fraction of sp³-hybridized carbons (Fsp3) is 0.438. The Morgan fingerprint density at radius 1 is 1.45 bits per heavy atom. The smallest absolute Gasteiger partial charge is 0.224 e. The predicted molar refractivity (Wildman–Crippen MR) is 84.4 cm³/mol. The van der Waals surface area contributed by atoms with Gasteiger partial charge < -0.3 is 10.6 Å². The summed E-state index contributed by atoms with van der Waals surface area (Å²) in [5, 5.41) is 10.4. The Balaban J connectivity index is 1.52. The highest BCUT2D eigenvalue weighted by Crippen LogP contribution is 2.16. The van der Waals surface area contributed by atoms with Gasteiger partial charge in [-0.3, -0.25) is 4.79 Å². The molecule has 6 nitrogen and oxygen atoms in total. The van der Waals surface area contributed by atoms with Crippen LogP contribution in [0, 0.1) is 5.92 Å². The van der Waals surface area contributed by atoms with Crippen LogP contribution in [0.4, 0.5) is 5.69 Å². The number of anilines is 1. The van der Waals surface area contributed by atoms with Crippen molar-refractivity contribution in [2.45, 2.75) is 25.8 Å². The second kappa shape index (κ2) is 7.17. The molecule has 6 heteroatoms. The number of nitrogens with one attached hydrogen (secondary N) is 2. The normalized spacial score (nSPS) is 17.5. The molecule has 1 fully saturated rings. The number of carbonyl (C=O) groups is 1. The first kappa shape index (κ1) is 14.7. The predicted octanol–water partition coefficient (Wildman–Crippen LogP) is 1.65. The van der Waals surface area contributed by atoms with E-state index in [1.165, 1.54) is 12.7 Å². The van der Waals surface area contributed by atoms with Crippen molar-refractivity contribution in [2.24, 2.45) is 5.92 Å². The second-order valence-corrected chi connectivity index (χ2v) is 5.74. The van der Waals surface area contributed by atoms with E-state index in [4.69, 9.17) is 0 Å². The molecule has 116 valence electrons. The largest absolute Gasteiger partial charge is 0.326 e. The summed E-state index contributed by atoms with van der Waals surface area (Å²) in [6, 6.07) is 7.86. The molecule has 0 saturated carbocycles. The molecule has 1 aliphatic rings. The standard InChI is InChI=1S/C16H21N5O/c22-16(5-4-13-6-7-17-9-13)20-15-3-1-2-14(8-15)10-21-12-18-11-19-21/h1-3,8,11-13,17H,4-7,9-10H2,(H,20,22). The van der Waals surface area contributed by atoms with Crippen molar-refractivity contribution < 1.29 is 4.79 Å². The Morgan fingerprint density at radius 3 is 3.18 bits per heavy atom. The van der Waals surface area contributed by atoms with Crippen LogP contribution in [0.25, 0.3) is 0 Å². The van der Waals surface area contributed by atoms with E-state index >= 15 is 0 Å². The average Bonchev–Trinajstić information content (AvgIpc) is 3.19. The average molecular weight is 299 g/mol. The molecule has 3 rings (SSSR count). The third-order valence-corrected chi connectivity index (χ3v) is 3.96. The maximum atomic E-state index is 12.0. The summed E-state index contributed by atoms with van der Waals surface area (Å²) < 4.78 is 1.76. The lowest BCUT2D eigenvalue weighted by Crippen LogP contribution is -2.15. The zero-order valence-electron chi connectivity index (χ0n) is 12.5. The van der Waals surface area contributed by atoms with E-state index < -0.39 is 0 Å². The highest BCUT2D eigenvalue weighted by molar-refractivity contribution is 5.90. The zero-order chi connectivity index (χ0) is 15.2. The van der Waals surface area contributed by atoms with Crippen molar-refractivity contribution in [1.29, 1.82) is 0 Å². The molecule has 1 saturated heterocycles. The van der Waals surface area contributed by atoms with Gasteiger partial charge in [-0.25, -0.2) is 9.67 Å². The van der Waals surface area contributed by atoms with Gasteiger partial charge in [0.25, 0.3) is 0 Å². The van der Waals surface area contributed by atoms with Crippen LogP contribution in [0.2, 0.25) is 0 Å².